The number of rotatable bonds is 4. The molecule has 3 rings (SSSR count). The molecule has 2 fully saturated rings. The quantitative estimate of drug-likeness (QED) is 0.848. The van der Waals surface area contributed by atoms with Crippen LogP contribution in [0.2, 0.25) is 5.02 Å². The Hall–Kier alpha value is -0.570. The predicted octanol–water partition coefficient (Wildman–Crippen LogP) is 4.64. The van der Waals surface area contributed by atoms with Gasteiger partial charge in [0.2, 0.25) is 0 Å². The van der Waals surface area contributed by atoms with Gasteiger partial charge in [0.1, 0.15) is 0 Å². The summed E-state index contributed by atoms with van der Waals surface area (Å²) in [7, 11) is 0. The van der Waals surface area contributed by atoms with Gasteiger partial charge in [0.15, 0.2) is 0 Å². The first-order valence-electron chi connectivity index (χ1n) is 8.80. The van der Waals surface area contributed by atoms with Crippen molar-refractivity contribution in [1.82, 2.24) is 0 Å². The molecule has 0 aliphatic heterocycles. The van der Waals surface area contributed by atoms with Crippen molar-refractivity contribution in [3.8, 4) is 0 Å². The van der Waals surface area contributed by atoms with E-state index in [0.29, 0.717) is 12.0 Å². The monoisotopic (exact) mass is 321 g/mol. The molecule has 22 heavy (non-hydrogen) atoms. The largest absolute Gasteiger partial charge is 0.389 e. The topological polar surface area (TPSA) is 46.2 Å². The van der Waals surface area contributed by atoms with E-state index in [-0.39, 0.29) is 5.92 Å². The van der Waals surface area contributed by atoms with Crippen molar-refractivity contribution in [2.75, 3.05) is 0 Å². The lowest BCUT2D eigenvalue weighted by Gasteiger charge is -2.41. The molecule has 0 amide bonds. The van der Waals surface area contributed by atoms with Crippen LogP contribution in [0.3, 0.4) is 0 Å². The Labute approximate surface area is 139 Å². The summed E-state index contributed by atoms with van der Waals surface area (Å²) in [5, 5.41) is 12.1. The fourth-order valence-corrected chi connectivity index (χ4v) is 4.76. The Morgan fingerprint density at radius 3 is 2.64 bits per heavy atom. The van der Waals surface area contributed by atoms with Gasteiger partial charge < -0.3 is 10.8 Å². The second kappa shape index (κ2) is 6.90. The van der Waals surface area contributed by atoms with Crippen molar-refractivity contribution in [2.24, 2.45) is 11.7 Å². The Bertz CT molecular complexity index is 498. The maximum Gasteiger partial charge on any atom is 0.0716 e. The molecule has 0 aromatic heterocycles. The first-order chi connectivity index (χ1) is 10.6. The molecule has 0 bridgehead atoms. The van der Waals surface area contributed by atoms with Crippen molar-refractivity contribution < 1.29 is 5.11 Å². The van der Waals surface area contributed by atoms with Crippen molar-refractivity contribution in [1.29, 1.82) is 0 Å². The van der Waals surface area contributed by atoms with Crippen molar-refractivity contribution in [3.05, 3.63) is 34.9 Å². The predicted molar refractivity (Wildman–Crippen MR) is 92.2 cm³/mol. The molecule has 2 saturated carbocycles. The van der Waals surface area contributed by atoms with Gasteiger partial charge in [0.05, 0.1) is 5.60 Å². The average Bonchev–Trinajstić information content (AvgIpc) is 2.91. The minimum Gasteiger partial charge on any atom is -0.389 e. The van der Waals surface area contributed by atoms with E-state index in [4.69, 9.17) is 17.3 Å². The van der Waals surface area contributed by atoms with E-state index in [2.05, 4.69) is 6.07 Å². The van der Waals surface area contributed by atoms with Gasteiger partial charge in [-0.25, -0.2) is 0 Å². The second-order valence-electron chi connectivity index (χ2n) is 7.45. The van der Waals surface area contributed by atoms with Gasteiger partial charge in [-0.3, -0.25) is 0 Å². The lowest BCUT2D eigenvalue weighted by atomic mass is 9.69. The molecule has 3 atom stereocenters. The lowest BCUT2D eigenvalue weighted by Crippen LogP contribution is -2.39. The van der Waals surface area contributed by atoms with Crippen molar-refractivity contribution in [2.45, 2.75) is 75.3 Å². The maximum absolute atomic E-state index is 11.3. The molecule has 0 radical (unpaired) electrons. The molecular weight excluding hydrogens is 294 g/mol. The molecule has 122 valence electrons. The molecule has 0 spiro atoms. The number of halogens is 1. The van der Waals surface area contributed by atoms with Crippen LogP contribution >= 0.6 is 11.6 Å². The minimum absolute atomic E-state index is 0.196. The Kier molecular flexibility index (Phi) is 5.11. The highest BCUT2D eigenvalue weighted by molar-refractivity contribution is 6.30. The lowest BCUT2D eigenvalue weighted by molar-refractivity contribution is -0.0281. The SMILES string of the molecule is N[C@H]1CCC(C[C@@H](c2cccc(Cl)c2)C2(O)CCCCC2)C1. The zero-order valence-corrected chi connectivity index (χ0v) is 14.1. The molecule has 1 aromatic carbocycles. The molecule has 0 saturated heterocycles. The molecule has 2 aliphatic carbocycles. The zero-order valence-electron chi connectivity index (χ0n) is 13.3. The second-order valence-corrected chi connectivity index (χ2v) is 7.88. The van der Waals surface area contributed by atoms with Crippen molar-refractivity contribution in [3.63, 3.8) is 0 Å². The number of hydrogen-bond acceptors (Lipinski definition) is 2. The Morgan fingerprint density at radius 1 is 1.23 bits per heavy atom. The fraction of sp³-hybridized carbons (Fsp3) is 0.684. The van der Waals surface area contributed by atoms with Gasteiger partial charge in [0.25, 0.3) is 0 Å². The van der Waals surface area contributed by atoms with Gasteiger partial charge in [-0.2, -0.15) is 0 Å². The normalized spacial score (nSPS) is 29.4. The van der Waals surface area contributed by atoms with Gasteiger partial charge in [-0.1, -0.05) is 43.0 Å². The zero-order chi connectivity index (χ0) is 15.6. The van der Waals surface area contributed by atoms with Crippen LogP contribution in [0, 0.1) is 5.92 Å². The first-order valence-corrected chi connectivity index (χ1v) is 9.18. The fourth-order valence-electron chi connectivity index (χ4n) is 4.56. The highest BCUT2D eigenvalue weighted by Gasteiger charge is 2.40. The number of hydrogen-bond donors (Lipinski definition) is 2. The van der Waals surface area contributed by atoms with Crippen molar-refractivity contribution >= 4 is 11.6 Å². The van der Waals surface area contributed by atoms with Gasteiger partial charge >= 0.3 is 0 Å². The third-order valence-electron chi connectivity index (χ3n) is 5.77. The highest BCUT2D eigenvalue weighted by atomic mass is 35.5. The van der Waals surface area contributed by atoms with Crippen LogP contribution in [0.1, 0.15) is 69.3 Å². The summed E-state index contributed by atoms with van der Waals surface area (Å²) < 4.78 is 0. The van der Waals surface area contributed by atoms with Crippen LogP contribution < -0.4 is 5.73 Å². The number of aliphatic hydroxyl groups is 1. The third kappa shape index (κ3) is 3.67. The summed E-state index contributed by atoms with van der Waals surface area (Å²) in [5.74, 6) is 0.840. The first kappa shape index (κ1) is 16.3. The van der Waals surface area contributed by atoms with Crippen LogP contribution in [0.25, 0.3) is 0 Å². The molecule has 2 nitrogen and oxygen atoms in total. The van der Waals surface area contributed by atoms with Crippen LogP contribution in [-0.4, -0.2) is 16.7 Å². The van der Waals surface area contributed by atoms with E-state index in [0.717, 1.165) is 50.0 Å². The maximum atomic E-state index is 11.3. The molecule has 3 heteroatoms. The highest BCUT2D eigenvalue weighted by Crippen LogP contribution is 2.45. The standard InChI is InChI=1S/C19H28ClNO/c20-16-6-4-5-15(13-16)18(12-14-7-8-17(21)11-14)19(22)9-2-1-3-10-19/h4-6,13-14,17-18,22H,1-3,7-12,21H2/t14?,17-,18-/m0/s1. The van der Waals surface area contributed by atoms with Gasteiger partial charge in [-0.15, -0.1) is 0 Å². The van der Waals surface area contributed by atoms with E-state index >= 15 is 0 Å². The van der Waals surface area contributed by atoms with E-state index in [1.165, 1.54) is 18.4 Å². The van der Waals surface area contributed by atoms with Gasteiger partial charge in [-0.05, 0) is 62.1 Å². The molecule has 2 aliphatic rings. The summed E-state index contributed by atoms with van der Waals surface area (Å²) >= 11 is 6.21. The third-order valence-corrected chi connectivity index (χ3v) is 6.00. The Balaban J connectivity index is 1.84. The summed E-state index contributed by atoms with van der Waals surface area (Å²) in [5.41, 5.74) is 6.74. The van der Waals surface area contributed by atoms with E-state index in [1.807, 2.05) is 18.2 Å². The summed E-state index contributed by atoms with van der Waals surface area (Å²) in [6.45, 7) is 0. The van der Waals surface area contributed by atoms with Crippen LogP contribution in [0.4, 0.5) is 0 Å². The van der Waals surface area contributed by atoms with Crippen LogP contribution in [-0.2, 0) is 0 Å². The molecule has 0 heterocycles. The number of benzene rings is 1. The van der Waals surface area contributed by atoms with E-state index in [9.17, 15) is 5.11 Å². The summed E-state index contributed by atoms with van der Waals surface area (Å²) in [6.07, 6.45) is 9.84. The van der Waals surface area contributed by atoms with E-state index in [1.54, 1.807) is 0 Å². The number of nitrogens with two attached hydrogens (primary N) is 1. The van der Waals surface area contributed by atoms with Gasteiger partial charge in [0, 0.05) is 17.0 Å². The minimum atomic E-state index is -0.560. The van der Waals surface area contributed by atoms with E-state index < -0.39 is 5.60 Å². The molecule has 1 aromatic rings. The summed E-state index contributed by atoms with van der Waals surface area (Å²) in [4.78, 5) is 0. The summed E-state index contributed by atoms with van der Waals surface area (Å²) in [6, 6.07) is 8.47. The smallest absolute Gasteiger partial charge is 0.0716 e. The molecular formula is C19H28ClNO. The van der Waals surface area contributed by atoms with Crippen LogP contribution in [0.5, 0.6) is 0 Å². The molecule has 3 N–H and O–H groups in total. The van der Waals surface area contributed by atoms with Crippen LogP contribution in [0.15, 0.2) is 24.3 Å². The Morgan fingerprint density at radius 2 is 2.00 bits per heavy atom. The molecule has 1 unspecified atom stereocenters. The average molecular weight is 322 g/mol.